The summed E-state index contributed by atoms with van der Waals surface area (Å²) in [5, 5.41) is 2.79. The van der Waals surface area contributed by atoms with Crippen molar-refractivity contribution in [3.8, 4) is 11.6 Å². The fourth-order valence-electron chi connectivity index (χ4n) is 1.94. The number of carbonyl (C=O) groups excluding carboxylic acids is 1. The summed E-state index contributed by atoms with van der Waals surface area (Å²) >= 11 is 0. The summed E-state index contributed by atoms with van der Waals surface area (Å²) in [6.07, 6.45) is 1.53. The van der Waals surface area contributed by atoms with Crippen molar-refractivity contribution in [2.24, 2.45) is 0 Å². The molecule has 0 unspecified atom stereocenters. The Morgan fingerprint density at radius 1 is 1.20 bits per heavy atom. The maximum Gasteiger partial charge on any atom is 0.256 e. The van der Waals surface area contributed by atoms with Crippen LogP contribution in [0.5, 0.6) is 11.6 Å². The van der Waals surface area contributed by atoms with Gasteiger partial charge in [0, 0.05) is 17.9 Å². The maximum absolute atomic E-state index is 12.2. The van der Waals surface area contributed by atoms with E-state index in [1.54, 1.807) is 43.3 Å². The number of sulfonamides is 1. The van der Waals surface area contributed by atoms with Crippen LogP contribution in [0.15, 0.2) is 42.6 Å². The van der Waals surface area contributed by atoms with Crippen LogP contribution in [0.2, 0.25) is 0 Å². The van der Waals surface area contributed by atoms with E-state index in [1.807, 2.05) is 13.8 Å². The summed E-state index contributed by atoms with van der Waals surface area (Å²) in [6.45, 7) is 5.29. The van der Waals surface area contributed by atoms with Gasteiger partial charge in [0.05, 0.1) is 5.75 Å². The third-order valence-corrected chi connectivity index (χ3v) is 4.46. The fourth-order valence-corrected chi connectivity index (χ4v) is 2.58. The lowest BCUT2D eigenvalue weighted by Crippen LogP contribution is -2.30. The zero-order valence-corrected chi connectivity index (χ0v) is 15.1. The molecule has 8 heteroatoms. The minimum absolute atomic E-state index is 0.00644. The molecule has 1 aromatic carbocycles. The summed E-state index contributed by atoms with van der Waals surface area (Å²) in [5.41, 5.74) is 0.764. The number of carbonyl (C=O) groups is 1. The number of amides is 1. The molecule has 2 rings (SSSR count). The van der Waals surface area contributed by atoms with E-state index >= 15 is 0 Å². The molecular weight excluding hydrogens is 342 g/mol. The Bertz CT molecular complexity index is 833. The number of benzene rings is 1. The molecule has 0 spiro atoms. The van der Waals surface area contributed by atoms with E-state index in [-0.39, 0.29) is 23.6 Å². The third-order valence-electron chi connectivity index (χ3n) is 3.16. The number of aromatic nitrogens is 1. The SMILES string of the molecule is CCS(=O)(=O)Nc1ccc(Oc2ncccc2C(=O)NC(C)C)cc1. The second kappa shape index (κ2) is 7.98. The van der Waals surface area contributed by atoms with Gasteiger partial charge in [0.2, 0.25) is 15.9 Å². The van der Waals surface area contributed by atoms with Crippen molar-refractivity contribution in [3.63, 3.8) is 0 Å². The topological polar surface area (TPSA) is 97.4 Å². The number of ether oxygens (including phenoxy) is 1. The summed E-state index contributed by atoms with van der Waals surface area (Å²) in [4.78, 5) is 16.3. The quantitative estimate of drug-likeness (QED) is 0.788. The summed E-state index contributed by atoms with van der Waals surface area (Å²) < 4.78 is 31.2. The van der Waals surface area contributed by atoms with Gasteiger partial charge in [-0.3, -0.25) is 9.52 Å². The Balaban J connectivity index is 2.16. The molecule has 1 heterocycles. The number of pyridine rings is 1. The lowest BCUT2D eigenvalue weighted by atomic mass is 10.2. The van der Waals surface area contributed by atoms with Crippen molar-refractivity contribution in [2.45, 2.75) is 26.8 Å². The Kier molecular flexibility index (Phi) is 5.97. The summed E-state index contributed by atoms with van der Waals surface area (Å²) in [5.74, 6) is 0.345. The van der Waals surface area contributed by atoms with Crippen LogP contribution < -0.4 is 14.8 Å². The molecule has 0 fully saturated rings. The monoisotopic (exact) mass is 363 g/mol. The number of anilines is 1. The highest BCUT2D eigenvalue weighted by atomic mass is 32.2. The highest BCUT2D eigenvalue weighted by Crippen LogP contribution is 2.24. The van der Waals surface area contributed by atoms with E-state index in [4.69, 9.17) is 4.74 Å². The van der Waals surface area contributed by atoms with Gasteiger partial charge in [-0.25, -0.2) is 13.4 Å². The van der Waals surface area contributed by atoms with Crippen LogP contribution in [0.3, 0.4) is 0 Å². The van der Waals surface area contributed by atoms with Gasteiger partial charge in [-0.1, -0.05) is 0 Å². The molecule has 0 saturated carbocycles. The molecular formula is C17H21N3O4S. The van der Waals surface area contributed by atoms with Gasteiger partial charge in [-0.2, -0.15) is 0 Å². The number of nitrogens with one attached hydrogen (secondary N) is 2. The van der Waals surface area contributed by atoms with E-state index in [9.17, 15) is 13.2 Å². The van der Waals surface area contributed by atoms with Gasteiger partial charge in [0.15, 0.2) is 0 Å². The normalized spacial score (nSPS) is 11.2. The molecule has 1 aromatic heterocycles. The van der Waals surface area contributed by atoms with E-state index < -0.39 is 10.0 Å². The van der Waals surface area contributed by atoms with Crippen LogP contribution in [0.1, 0.15) is 31.1 Å². The first-order chi connectivity index (χ1) is 11.8. The third kappa shape index (κ3) is 5.46. The zero-order chi connectivity index (χ0) is 18.4. The lowest BCUT2D eigenvalue weighted by molar-refractivity contribution is 0.0940. The highest BCUT2D eigenvalue weighted by Gasteiger charge is 2.15. The molecule has 0 bridgehead atoms. The minimum atomic E-state index is -3.33. The molecule has 25 heavy (non-hydrogen) atoms. The van der Waals surface area contributed by atoms with E-state index in [1.165, 1.54) is 6.20 Å². The first kappa shape index (κ1) is 18.7. The predicted molar refractivity (Wildman–Crippen MR) is 96.4 cm³/mol. The number of hydrogen-bond acceptors (Lipinski definition) is 5. The Labute approximate surface area is 147 Å². The van der Waals surface area contributed by atoms with E-state index in [0.717, 1.165) is 0 Å². The molecule has 7 nitrogen and oxygen atoms in total. The largest absolute Gasteiger partial charge is 0.438 e. The van der Waals surface area contributed by atoms with Crippen LogP contribution in [-0.4, -0.2) is 31.1 Å². The Morgan fingerprint density at radius 3 is 2.48 bits per heavy atom. The molecule has 0 saturated heterocycles. The predicted octanol–water partition coefficient (Wildman–Crippen LogP) is 2.77. The maximum atomic E-state index is 12.2. The van der Waals surface area contributed by atoms with Gasteiger partial charge in [-0.15, -0.1) is 0 Å². The van der Waals surface area contributed by atoms with Crippen LogP contribution >= 0.6 is 0 Å². The molecule has 0 aliphatic carbocycles. The zero-order valence-electron chi connectivity index (χ0n) is 14.3. The van der Waals surface area contributed by atoms with E-state index in [0.29, 0.717) is 17.0 Å². The number of nitrogens with zero attached hydrogens (tertiary/aromatic N) is 1. The Morgan fingerprint density at radius 2 is 1.88 bits per heavy atom. The molecule has 0 aliphatic rings. The van der Waals surface area contributed by atoms with Crippen molar-refractivity contribution in [1.29, 1.82) is 0 Å². The smallest absolute Gasteiger partial charge is 0.256 e. The van der Waals surface area contributed by atoms with Crippen molar-refractivity contribution >= 4 is 21.6 Å². The number of hydrogen-bond donors (Lipinski definition) is 2. The molecule has 0 atom stereocenters. The second-order valence-electron chi connectivity index (χ2n) is 5.62. The number of rotatable bonds is 7. The Hall–Kier alpha value is -2.61. The van der Waals surface area contributed by atoms with Crippen LogP contribution in [0.4, 0.5) is 5.69 Å². The lowest BCUT2D eigenvalue weighted by Gasteiger charge is -2.12. The van der Waals surface area contributed by atoms with Crippen molar-refractivity contribution in [1.82, 2.24) is 10.3 Å². The van der Waals surface area contributed by atoms with Crippen LogP contribution in [-0.2, 0) is 10.0 Å². The molecule has 0 aliphatic heterocycles. The average Bonchev–Trinajstić information content (AvgIpc) is 2.56. The molecule has 2 N–H and O–H groups in total. The molecule has 0 radical (unpaired) electrons. The highest BCUT2D eigenvalue weighted by molar-refractivity contribution is 7.92. The summed E-state index contributed by atoms with van der Waals surface area (Å²) in [7, 11) is -3.33. The van der Waals surface area contributed by atoms with E-state index in [2.05, 4.69) is 15.0 Å². The van der Waals surface area contributed by atoms with Crippen molar-refractivity contribution in [3.05, 3.63) is 48.2 Å². The first-order valence-electron chi connectivity index (χ1n) is 7.85. The molecule has 134 valence electrons. The van der Waals surface area contributed by atoms with Crippen LogP contribution in [0, 0.1) is 0 Å². The van der Waals surface area contributed by atoms with Gasteiger partial charge in [-0.05, 0) is 57.2 Å². The standard InChI is InChI=1S/C17H21N3O4S/c1-4-25(22,23)20-13-7-9-14(10-8-13)24-17-15(6-5-11-18-17)16(21)19-12(2)3/h5-12,20H,4H2,1-3H3,(H,19,21). The van der Waals surface area contributed by atoms with Crippen LogP contribution in [0.25, 0.3) is 0 Å². The van der Waals surface area contributed by atoms with Gasteiger partial charge in [0.1, 0.15) is 11.3 Å². The molecule has 1 amide bonds. The molecule has 2 aromatic rings. The summed E-state index contributed by atoms with van der Waals surface area (Å²) in [6, 6.07) is 9.65. The first-order valence-corrected chi connectivity index (χ1v) is 9.50. The average molecular weight is 363 g/mol. The van der Waals surface area contributed by atoms with Crippen molar-refractivity contribution in [2.75, 3.05) is 10.5 Å². The van der Waals surface area contributed by atoms with Gasteiger partial charge < -0.3 is 10.1 Å². The van der Waals surface area contributed by atoms with Gasteiger partial charge >= 0.3 is 0 Å². The minimum Gasteiger partial charge on any atom is -0.438 e. The second-order valence-corrected chi connectivity index (χ2v) is 7.63. The van der Waals surface area contributed by atoms with Crippen molar-refractivity contribution < 1.29 is 17.9 Å². The fraction of sp³-hybridized carbons (Fsp3) is 0.294. The van der Waals surface area contributed by atoms with Gasteiger partial charge in [0.25, 0.3) is 5.91 Å².